The van der Waals surface area contributed by atoms with Gasteiger partial charge in [-0.05, 0) is 25.1 Å². The summed E-state index contributed by atoms with van der Waals surface area (Å²) in [6.07, 6.45) is 5.46. The van der Waals surface area contributed by atoms with Crippen molar-refractivity contribution in [1.82, 2.24) is 9.58 Å². The molecular formula is C14H17N3. The van der Waals surface area contributed by atoms with Gasteiger partial charge in [-0.25, -0.2) is 0 Å². The lowest BCUT2D eigenvalue weighted by molar-refractivity contribution is 0.370. The zero-order valence-electron chi connectivity index (χ0n) is 10.1. The first-order valence-corrected chi connectivity index (χ1v) is 5.99. The number of likely N-dealkylation sites (N-methyl/N-ethyl adjacent to an activating group) is 1. The van der Waals surface area contributed by atoms with Crippen LogP contribution < -0.4 is 5.84 Å². The number of hydrogen-bond acceptors (Lipinski definition) is 2. The molecule has 3 heteroatoms. The highest BCUT2D eigenvalue weighted by Crippen LogP contribution is 2.29. The summed E-state index contributed by atoms with van der Waals surface area (Å²) >= 11 is 0. The molecule has 3 nitrogen and oxygen atoms in total. The molecule has 0 spiro atoms. The average molecular weight is 227 g/mol. The van der Waals surface area contributed by atoms with Crippen LogP contribution in [0.1, 0.15) is 12.0 Å². The van der Waals surface area contributed by atoms with E-state index in [1.807, 2.05) is 12.3 Å². The number of nitrogen functional groups attached to an aromatic ring is 1. The van der Waals surface area contributed by atoms with E-state index in [0.717, 1.165) is 25.0 Å². The van der Waals surface area contributed by atoms with Crippen molar-refractivity contribution in [2.45, 2.75) is 6.42 Å². The maximum absolute atomic E-state index is 5.99. The van der Waals surface area contributed by atoms with E-state index in [4.69, 9.17) is 5.84 Å². The lowest BCUT2D eigenvalue weighted by Gasteiger charge is -2.21. The number of fused-ring (bicyclic) bond motifs is 1. The molecule has 0 saturated heterocycles. The molecule has 0 unspecified atom stereocenters. The largest absolute Gasteiger partial charge is 0.339 e. The zero-order chi connectivity index (χ0) is 11.8. The first-order valence-electron chi connectivity index (χ1n) is 5.99. The molecule has 1 aliphatic rings. The van der Waals surface area contributed by atoms with Crippen molar-refractivity contribution >= 4 is 16.5 Å². The number of para-hydroxylation sites is 1. The molecule has 0 amide bonds. The summed E-state index contributed by atoms with van der Waals surface area (Å²) in [5.41, 5.74) is 3.81. The van der Waals surface area contributed by atoms with E-state index in [2.05, 4.69) is 36.2 Å². The minimum atomic E-state index is 1.03. The van der Waals surface area contributed by atoms with Gasteiger partial charge in [0, 0.05) is 30.2 Å². The molecule has 1 aromatic carbocycles. The van der Waals surface area contributed by atoms with Gasteiger partial charge in [0.15, 0.2) is 0 Å². The van der Waals surface area contributed by atoms with Crippen LogP contribution in [0, 0.1) is 0 Å². The second-order valence-electron chi connectivity index (χ2n) is 4.71. The lowest BCUT2D eigenvalue weighted by atomic mass is 9.99. The minimum absolute atomic E-state index is 1.03. The molecule has 0 fully saturated rings. The zero-order valence-corrected chi connectivity index (χ0v) is 10.1. The highest BCUT2D eigenvalue weighted by atomic mass is 15.3. The van der Waals surface area contributed by atoms with Crippen LogP contribution >= 0.6 is 0 Å². The fourth-order valence-electron chi connectivity index (χ4n) is 2.48. The SMILES string of the molecule is CN1CC=C(c2cn(N)c3ccccc23)CC1. The Balaban J connectivity index is 2.12. The van der Waals surface area contributed by atoms with Crippen LogP contribution in [0.3, 0.4) is 0 Å². The fourth-order valence-corrected chi connectivity index (χ4v) is 2.48. The smallest absolute Gasteiger partial charge is 0.0696 e. The maximum atomic E-state index is 5.99. The van der Waals surface area contributed by atoms with Gasteiger partial charge in [-0.3, -0.25) is 4.68 Å². The predicted octanol–water partition coefficient (Wildman–Crippen LogP) is 2.07. The second kappa shape index (κ2) is 3.93. The molecule has 0 atom stereocenters. The Morgan fingerprint density at radius 1 is 1.24 bits per heavy atom. The number of nitrogens with zero attached hydrogens (tertiary/aromatic N) is 2. The predicted molar refractivity (Wildman–Crippen MR) is 72.2 cm³/mol. The van der Waals surface area contributed by atoms with Crippen LogP contribution in [-0.4, -0.2) is 29.7 Å². The molecule has 1 aliphatic heterocycles. The molecule has 3 rings (SSSR count). The monoisotopic (exact) mass is 227 g/mol. The molecule has 1 aromatic heterocycles. The van der Waals surface area contributed by atoms with Crippen LogP contribution in [0.15, 0.2) is 36.5 Å². The Morgan fingerprint density at radius 2 is 2.06 bits per heavy atom. The summed E-state index contributed by atoms with van der Waals surface area (Å²) in [5, 5.41) is 1.26. The van der Waals surface area contributed by atoms with E-state index in [1.165, 1.54) is 16.5 Å². The third-order valence-electron chi connectivity index (χ3n) is 3.50. The highest BCUT2D eigenvalue weighted by molar-refractivity contribution is 5.93. The Hall–Kier alpha value is -1.74. The van der Waals surface area contributed by atoms with E-state index < -0.39 is 0 Å². The Bertz CT molecular complexity index is 580. The van der Waals surface area contributed by atoms with E-state index in [1.54, 1.807) is 4.68 Å². The maximum Gasteiger partial charge on any atom is 0.0696 e. The van der Waals surface area contributed by atoms with Crippen molar-refractivity contribution < 1.29 is 0 Å². The standard InChI is InChI=1S/C14H17N3/c1-16-8-6-11(7-9-16)13-10-17(15)14-5-3-2-4-12(13)14/h2-6,10H,7-9,15H2,1H3. The van der Waals surface area contributed by atoms with Crippen molar-refractivity contribution in [1.29, 1.82) is 0 Å². The average Bonchev–Trinajstić information content (AvgIpc) is 2.69. The normalized spacial score (nSPS) is 17.4. The van der Waals surface area contributed by atoms with Gasteiger partial charge in [0.05, 0.1) is 5.52 Å². The number of hydrogen-bond donors (Lipinski definition) is 1. The van der Waals surface area contributed by atoms with Gasteiger partial charge in [0.1, 0.15) is 0 Å². The van der Waals surface area contributed by atoms with E-state index in [-0.39, 0.29) is 0 Å². The summed E-state index contributed by atoms with van der Waals surface area (Å²) in [4.78, 5) is 2.32. The first kappa shape index (κ1) is 10.4. The van der Waals surface area contributed by atoms with Crippen molar-refractivity contribution in [3.8, 4) is 0 Å². The summed E-state index contributed by atoms with van der Waals surface area (Å²) < 4.78 is 1.73. The molecule has 2 aromatic rings. The second-order valence-corrected chi connectivity index (χ2v) is 4.71. The van der Waals surface area contributed by atoms with Crippen molar-refractivity contribution in [2.24, 2.45) is 0 Å². The van der Waals surface area contributed by atoms with Gasteiger partial charge < -0.3 is 10.7 Å². The van der Waals surface area contributed by atoms with E-state index in [0.29, 0.717) is 0 Å². The third kappa shape index (κ3) is 1.72. The molecule has 17 heavy (non-hydrogen) atoms. The van der Waals surface area contributed by atoms with E-state index >= 15 is 0 Å². The topological polar surface area (TPSA) is 34.2 Å². The quantitative estimate of drug-likeness (QED) is 0.757. The number of benzene rings is 1. The van der Waals surface area contributed by atoms with Crippen LogP contribution in [0.25, 0.3) is 16.5 Å². The Kier molecular flexibility index (Phi) is 2.41. The molecule has 88 valence electrons. The van der Waals surface area contributed by atoms with Gasteiger partial charge in [0.2, 0.25) is 0 Å². The summed E-state index contributed by atoms with van der Waals surface area (Å²) in [5.74, 6) is 5.99. The summed E-state index contributed by atoms with van der Waals surface area (Å²) in [6, 6.07) is 8.31. The van der Waals surface area contributed by atoms with Gasteiger partial charge in [0.25, 0.3) is 0 Å². The molecule has 0 saturated carbocycles. The third-order valence-corrected chi connectivity index (χ3v) is 3.50. The fraction of sp³-hybridized carbons (Fsp3) is 0.286. The summed E-state index contributed by atoms with van der Waals surface area (Å²) in [6.45, 7) is 2.15. The first-order chi connectivity index (χ1) is 8.25. The van der Waals surface area contributed by atoms with Crippen molar-refractivity contribution in [2.75, 3.05) is 26.0 Å². The van der Waals surface area contributed by atoms with Gasteiger partial charge in [-0.2, -0.15) is 0 Å². The van der Waals surface area contributed by atoms with Gasteiger partial charge >= 0.3 is 0 Å². The molecular weight excluding hydrogens is 210 g/mol. The van der Waals surface area contributed by atoms with Gasteiger partial charge in [-0.15, -0.1) is 0 Å². The van der Waals surface area contributed by atoms with Crippen molar-refractivity contribution in [3.05, 3.63) is 42.1 Å². The Morgan fingerprint density at radius 3 is 2.82 bits per heavy atom. The molecule has 2 heterocycles. The number of nitrogens with two attached hydrogens (primary N) is 1. The molecule has 2 N–H and O–H groups in total. The molecule has 0 bridgehead atoms. The Labute approximate surface area is 101 Å². The number of aromatic nitrogens is 1. The lowest BCUT2D eigenvalue weighted by Crippen LogP contribution is -2.23. The highest BCUT2D eigenvalue weighted by Gasteiger charge is 2.14. The number of rotatable bonds is 1. The van der Waals surface area contributed by atoms with Crippen LogP contribution in [0.5, 0.6) is 0 Å². The molecule has 0 radical (unpaired) electrons. The minimum Gasteiger partial charge on any atom is -0.339 e. The molecule has 0 aliphatic carbocycles. The van der Waals surface area contributed by atoms with Crippen molar-refractivity contribution in [3.63, 3.8) is 0 Å². The van der Waals surface area contributed by atoms with Gasteiger partial charge in [-0.1, -0.05) is 24.3 Å². The van der Waals surface area contributed by atoms with Crippen LogP contribution in [0.2, 0.25) is 0 Å². The van der Waals surface area contributed by atoms with E-state index in [9.17, 15) is 0 Å². The summed E-state index contributed by atoms with van der Waals surface area (Å²) in [7, 11) is 2.15. The van der Waals surface area contributed by atoms with Crippen LogP contribution in [-0.2, 0) is 0 Å². The van der Waals surface area contributed by atoms with Crippen LogP contribution in [0.4, 0.5) is 0 Å².